The second-order valence-electron chi connectivity index (χ2n) is 2.11. The predicted octanol–water partition coefficient (Wildman–Crippen LogP) is 1.69. The summed E-state index contributed by atoms with van der Waals surface area (Å²) in [5, 5.41) is 0. The van der Waals surface area contributed by atoms with Crippen molar-refractivity contribution in [1.82, 2.24) is 0 Å². The first-order chi connectivity index (χ1) is 4.30. The summed E-state index contributed by atoms with van der Waals surface area (Å²) in [5.41, 5.74) is 0. The highest BCUT2D eigenvalue weighted by atomic mass is 31.1. The van der Waals surface area contributed by atoms with Gasteiger partial charge in [-0.05, 0) is 19.3 Å². The summed E-state index contributed by atoms with van der Waals surface area (Å²) in [6, 6.07) is 0. The van der Waals surface area contributed by atoms with Gasteiger partial charge in [0.2, 0.25) is 0 Å². The van der Waals surface area contributed by atoms with Crippen LogP contribution in [0.4, 0.5) is 0 Å². The molecule has 0 spiro atoms. The Balaban J connectivity index is 2.40. The van der Waals surface area contributed by atoms with E-state index < -0.39 is 13.5 Å². The van der Waals surface area contributed by atoms with Crippen molar-refractivity contribution in [3.63, 3.8) is 0 Å². The lowest BCUT2D eigenvalue weighted by atomic mass is 10.2. The fourth-order valence-electron chi connectivity index (χ4n) is 0.890. The maximum Gasteiger partial charge on any atom is 0.345 e. The molecule has 1 aliphatic rings. The van der Waals surface area contributed by atoms with Crippen LogP contribution in [0.15, 0.2) is 0 Å². The molecule has 3 nitrogen and oxygen atoms in total. The van der Waals surface area contributed by atoms with E-state index in [1.807, 2.05) is 0 Å². The van der Waals surface area contributed by atoms with Crippen LogP contribution >= 0.6 is 7.68 Å². The van der Waals surface area contributed by atoms with E-state index in [-0.39, 0.29) is 0 Å². The molecule has 0 saturated carbocycles. The Kier molecular flexibility index (Phi) is 2.43. The van der Waals surface area contributed by atoms with Gasteiger partial charge in [0.25, 0.3) is 0 Å². The van der Waals surface area contributed by atoms with E-state index >= 15 is 0 Å². The Morgan fingerprint density at radius 1 is 1.33 bits per heavy atom. The van der Waals surface area contributed by atoms with Gasteiger partial charge < -0.3 is 4.74 Å². The van der Waals surface area contributed by atoms with Crippen molar-refractivity contribution in [2.24, 2.45) is 0 Å². The third-order valence-corrected chi connectivity index (χ3v) is 2.27. The van der Waals surface area contributed by atoms with Crippen molar-refractivity contribution >= 4 is 7.68 Å². The average Bonchev–Trinajstić information content (AvgIpc) is 1.90. The Morgan fingerprint density at radius 3 is 2.44 bits per heavy atom. The number of hydrogen-bond acceptors (Lipinski definition) is 3. The zero-order valence-electron chi connectivity index (χ0n) is 5.08. The molecule has 1 unspecified atom stereocenters. The topological polar surface area (TPSA) is 43.4 Å². The van der Waals surface area contributed by atoms with E-state index in [2.05, 4.69) is 0 Å². The molecular weight excluding hydrogens is 139 g/mol. The molecule has 0 aromatic rings. The van der Waals surface area contributed by atoms with E-state index in [1.165, 1.54) is 0 Å². The van der Waals surface area contributed by atoms with Gasteiger partial charge in [-0.2, -0.15) is 0 Å². The first kappa shape index (κ1) is 6.97. The van der Waals surface area contributed by atoms with Gasteiger partial charge in [-0.15, -0.1) is 0 Å². The molecule has 0 radical (unpaired) electrons. The molecule has 1 rings (SSSR count). The van der Waals surface area contributed by atoms with Crippen LogP contribution in [-0.2, 0) is 13.9 Å². The average molecular weight is 148 g/mol. The lowest BCUT2D eigenvalue weighted by molar-refractivity contribution is 0.0651. The molecule has 0 aromatic heterocycles. The first-order valence-electron chi connectivity index (χ1n) is 3.06. The quantitative estimate of drug-likeness (QED) is 0.531. The molecule has 0 amide bonds. The molecule has 0 aliphatic carbocycles. The van der Waals surface area contributed by atoms with Crippen LogP contribution in [0.2, 0.25) is 0 Å². The van der Waals surface area contributed by atoms with E-state index in [4.69, 9.17) is 4.74 Å². The second-order valence-corrected chi connectivity index (χ2v) is 3.25. The molecular formula is C5H9O3P. The number of ether oxygens (including phenoxy) is 1. The van der Waals surface area contributed by atoms with Crippen molar-refractivity contribution in [2.45, 2.75) is 25.1 Å². The molecule has 0 aromatic carbocycles. The molecule has 1 aliphatic heterocycles. The van der Waals surface area contributed by atoms with E-state index in [0.29, 0.717) is 13.0 Å². The minimum absolute atomic E-state index is 0.492. The minimum atomic E-state index is -2.34. The van der Waals surface area contributed by atoms with Crippen molar-refractivity contribution in [1.29, 1.82) is 0 Å². The molecule has 0 bridgehead atoms. The SMILES string of the molecule is O=P(=O)C1CCCCO1. The van der Waals surface area contributed by atoms with E-state index in [1.54, 1.807) is 0 Å². The summed E-state index contributed by atoms with van der Waals surface area (Å²) in [4.78, 5) is 0. The third kappa shape index (κ3) is 1.92. The van der Waals surface area contributed by atoms with Gasteiger partial charge in [-0.1, -0.05) is 0 Å². The Morgan fingerprint density at radius 2 is 2.11 bits per heavy atom. The summed E-state index contributed by atoms with van der Waals surface area (Å²) >= 11 is 0. The van der Waals surface area contributed by atoms with Crippen LogP contribution in [0.25, 0.3) is 0 Å². The highest BCUT2D eigenvalue weighted by molar-refractivity contribution is 7.31. The first-order valence-corrected chi connectivity index (χ1v) is 4.30. The number of hydrogen-bond donors (Lipinski definition) is 0. The summed E-state index contributed by atoms with van der Waals surface area (Å²) in [7, 11) is -2.34. The van der Waals surface area contributed by atoms with Crippen molar-refractivity contribution in [3.05, 3.63) is 0 Å². The Labute approximate surface area is 54.2 Å². The highest BCUT2D eigenvalue weighted by Gasteiger charge is 2.17. The predicted molar refractivity (Wildman–Crippen MR) is 31.9 cm³/mol. The maximum absolute atomic E-state index is 10.3. The van der Waals surface area contributed by atoms with Gasteiger partial charge >= 0.3 is 7.68 Å². The molecule has 1 heterocycles. The molecule has 52 valence electrons. The lowest BCUT2D eigenvalue weighted by Crippen LogP contribution is -2.13. The van der Waals surface area contributed by atoms with Crippen LogP contribution in [0, 0.1) is 0 Å². The van der Waals surface area contributed by atoms with Crippen molar-refractivity contribution in [3.8, 4) is 0 Å². The third-order valence-electron chi connectivity index (χ3n) is 1.39. The summed E-state index contributed by atoms with van der Waals surface area (Å²) in [6.07, 6.45) is 2.66. The summed E-state index contributed by atoms with van der Waals surface area (Å²) < 4.78 is 25.5. The number of rotatable bonds is 1. The molecule has 1 fully saturated rings. The van der Waals surface area contributed by atoms with Crippen LogP contribution < -0.4 is 0 Å². The molecule has 1 saturated heterocycles. The Hall–Kier alpha value is -0.140. The van der Waals surface area contributed by atoms with Crippen molar-refractivity contribution in [2.75, 3.05) is 6.61 Å². The zero-order chi connectivity index (χ0) is 6.69. The zero-order valence-corrected chi connectivity index (χ0v) is 5.97. The summed E-state index contributed by atoms with van der Waals surface area (Å²) in [6.45, 7) is 0.605. The molecule has 1 atom stereocenters. The van der Waals surface area contributed by atoms with Crippen LogP contribution in [0.5, 0.6) is 0 Å². The molecule has 9 heavy (non-hydrogen) atoms. The van der Waals surface area contributed by atoms with Crippen molar-refractivity contribution < 1.29 is 13.9 Å². The van der Waals surface area contributed by atoms with E-state index in [0.717, 1.165) is 12.8 Å². The van der Waals surface area contributed by atoms with Gasteiger partial charge in [0, 0.05) is 6.61 Å². The minimum Gasteiger partial charge on any atom is -0.363 e. The fourth-order valence-corrected chi connectivity index (χ4v) is 1.51. The van der Waals surface area contributed by atoms with Gasteiger partial charge in [-0.25, -0.2) is 9.13 Å². The largest absolute Gasteiger partial charge is 0.363 e. The highest BCUT2D eigenvalue weighted by Crippen LogP contribution is 2.25. The van der Waals surface area contributed by atoms with Crippen LogP contribution in [0.3, 0.4) is 0 Å². The summed E-state index contributed by atoms with van der Waals surface area (Å²) in [5.74, 6) is -0.492. The van der Waals surface area contributed by atoms with E-state index in [9.17, 15) is 9.13 Å². The van der Waals surface area contributed by atoms with Gasteiger partial charge in [0.05, 0.1) is 0 Å². The van der Waals surface area contributed by atoms with Gasteiger partial charge in [0.15, 0.2) is 5.85 Å². The second kappa shape index (κ2) is 3.14. The van der Waals surface area contributed by atoms with Crippen LogP contribution in [0.1, 0.15) is 19.3 Å². The Bertz CT molecular complexity index is 138. The molecule has 4 heteroatoms. The van der Waals surface area contributed by atoms with Crippen LogP contribution in [-0.4, -0.2) is 12.5 Å². The smallest absolute Gasteiger partial charge is 0.345 e. The standard InChI is InChI=1S/C5H9O3P/c6-9(7)5-3-1-2-4-8-5/h5H,1-4H2. The fraction of sp³-hybridized carbons (Fsp3) is 1.00. The van der Waals surface area contributed by atoms with Gasteiger partial charge in [-0.3, -0.25) is 0 Å². The van der Waals surface area contributed by atoms with Gasteiger partial charge in [0.1, 0.15) is 0 Å². The maximum atomic E-state index is 10.3. The normalized spacial score (nSPS) is 27.8. The molecule has 0 N–H and O–H groups in total. The monoisotopic (exact) mass is 148 g/mol. The lowest BCUT2D eigenvalue weighted by Gasteiger charge is -2.14.